The third kappa shape index (κ3) is 4.96. The first-order valence-electron chi connectivity index (χ1n) is 5.03. The van der Waals surface area contributed by atoms with Crippen molar-refractivity contribution in [3.63, 3.8) is 0 Å². The molecule has 0 saturated carbocycles. The minimum absolute atomic E-state index is 0.0112. The van der Waals surface area contributed by atoms with Gasteiger partial charge < -0.3 is 5.32 Å². The summed E-state index contributed by atoms with van der Waals surface area (Å²) in [4.78, 5) is 14.9. The standard InChI is InChI=1S/C12H16N2O/c1-10-6-5-8-12(14-10)7-3-4-9-13-11(2)15/h3,5-8H,4,9H2,1-2H3,(H,13,15). The molecule has 0 aliphatic rings. The number of pyridine rings is 1. The third-order valence-electron chi connectivity index (χ3n) is 1.88. The average Bonchev–Trinajstić information content (AvgIpc) is 2.17. The minimum atomic E-state index is 0.0112. The van der Waals surface area contributed by atoms with E-state index in [4.69, 9.17) is 0 Å². The summed E-state index contributed by atoms with van der Waals surface area (Å²) in [5.74, 6) is 0.0112. The van der Waals surface area contributed by atoms with E-state index in [1.54, 1.807) is 0 Å². The number of nitrogens with zero attached hydrogens (tertiary/aromatic N) is 1. The molecular formula is C12H16N2O. The van der Waals surface area contributed by atoms with Crippen LogP contribution in [0, 0.1) is 6.92 Å². The lowest BCUT2D eigenvalue weighted by Gasteiger charge is -1.97. The molecule has 0 unspecified atom stereocenters. The van der Waals surface area contributed by atoms with E-state index in [2.05, 4.69) is 10.3 Å². The van der Waals surface area contributed by atoms with Crippen LogP contribution in [0.3, 0.4) is 0 Å². The summed E-state index contributed by atoms with van der Waals surface area (Å²) in [5, 5.41) is 2.73. The Labute approximate surface area is 90.2 Å². The van der Waals surface area contributed by atoms with E-state index in [1.165, 1.54) is 6.92 Å². The molecule has 1 aromatic heterocycles. The second-order valence-electron chi connectivity index (χ2n) is 3.38. The van der Waals surface area contributed by atoms with Crippen molar-refractivity contribution in [3.05, 3.63) is 35.7 Å². The Morgan fingerprint density at radius 2 is 2.33 bits per heavy atom. The molecule has 0 aliphatic carbocycles. The van der Waals surface area contributed by atoms with Crippen molar-refractivity contribution in [1.29, 1.82) is 0 Å². The van der Waals surface area contributed by atoms with Crippen molar-refractivity contribution in [2.45, 2.75) is 20.3 Å². The van der Waals surface area contributed by atoms with Gasteiger partial charge in [-0.3, -0.25) is 9.78 Å². The maximum Gasteiger partial charge on any atom is 0.216 e. The number of amides is 1. The fourth-order valence-corrected chi connectivity index (χ4v) is 1.19. The van der Waals surface area contributed by atoms with Crippen molar-refractivity contribution in [2.75, 3.05) is 6.54 Å². The zero-order valence-electron chi connectivity index (χ0n) is 9.16. The van der Waals surface area contributed by atoms with Crippen LogP contribution in [0.15, 0.2) is 24.3 Å². The monoisotopic (exact) mass is 204 g/mol. The number of carbonyl (C=O) groups is 1. The van der Waals surface area contributed by atoms with Crippen LogP contribution in [0.1, 0.15) is 24.7 Å². The van der Waals surface area contributed by atoms with Gasteiger partial charge in [0.25, 0.3) is 0 Å². The summed E-state index contributed by atoms with van der Waals surface area (Å²) in [5.41, 5.74) is 1.97. The lowest BCUT2D eigenvalue weighted by Crippen LogP contribution is -2.20. The molecule has 0 atom stereocenters. The fraction of sp³-hybridized carbons (Fsp3) is 0.333. The summed E-state index contributed by atoms with van der Waals surface area (Å²) in [6.07, 6.45) is 4.81. The molecule has 1 rings (SSSR count). The topological polar surface area (TPSA) is 42.0 Å². The first kappa shape index (κ1) is 11.4. The smallest absolute Gasteiger partial charge is 0.216 e. The van der Waals surface area contributed by atoms with Crippen LogP contribution >= 0.6 is 0 Å². The van der Waals surface area contributed by atoms with Crippen LogP contribution < -0.4 is 5.32 Å². The predicted molar refractivity (Wildman–Crippen MR) is 61.3 cm³/mol. The normalized spacial score (nSPS) is 10.5. The second kappa shape index (κ2) is 5.96. The predicted octanol–water partition coefficient (Wildman–Crippen LogP) is 1.93. The van der Waals surface area contributed by atoms with Crippen molar-refractivity contribution in [2.24, 2.45) is 0 Å². The molecular weight excluding hydrogens is 188 g/mol. The molecule has 0 spiro atoms. The van der Waals surface area contributed by atoms with Gasteiger partial charge in [-0.25, -0.2) is 0 Å². The Bertz CT molecular complexity index is 358. The third-order valence-corrected chi connectivity index (χ3v) is 1.88. The van der Waals surface area contributed by atoms with Gasteiger partial charge in [0.15, 0.2) is 0 Å². The van der Waals surface area contributed by atoms with E-state index in [0.717, 1.165) is 17.8 Å². The van der Waals surface area contributed by atoms with Crippen molar-refractivity contribution < 1.29 is 4.79 Å². The summed E-state index contributed by atoms with van der Waals surface area (Å²) < 4.78 is 0. The van der Waals surface area contributed by atoms with Crippen molar-refractivity contribution in [3.8, 4) is 0 Å². The van der Waals surface area contributed by atoms with Crippen LogP contribution in [0.4, 0.5) is 0 Å². The van der Waals surface area contributed by atoms with Crippen LogP contribution in [0.2, 0.25) is 0 Å². The lowest BCUT2D eigenvalue weighted by molar-refractivity contribution is -0.118. The van der Waals surface area contributed by atoms with Crippen molar-refractivity contribution in [1.82, 2.24) is 10.3 Å². The van der Waals surface area contributed by atoms with E-state index in [1.807, 2.05) is 37.3 Å². The summed E-state index contributed by atoms with van der Waals surface area (Å²) >= 11 is 0. The average molecular weight is 204 g/mol. The van der Waals surface area contributed by atoms with E-state index < -0.39 is 0 Å². The van der Waals surface area contributed by atoms with Crippen molar-refractivity contribution >= 4 is 12.0 Å². The molecule has 0 fully saturated rings. The molecule has 3 heteroatoms. The molecule has 0 aliphatic heterocycles. The number of rotatable bonds is 4. The Morgan fingerprint density at radius 1 is 1.53 bits per heavy atom. The molecule has 1 aromatic rings. The van der Waals surface area contributed by atoms with Gasteiger partial charge in [0.2, 0.25) is 5.91 Å². The summed E-state index contributed by atoms with van der Waals surface area (Å²) in [6, 6.07) is 5.91. The van der Waals surface area contributed by atoms with Gasteiger partial charge in [-0.2, -0.15) is 0 Å². The molecule has 1 heterocycles. The lowest BCUT2D eigenvalue weighted by atomic mass is 10.2. The first-order chi connectivity index (χ1) is 7.18. The highest BCUT2D eigenvalue weighted by atomic mass is 16.1. The minimum Gasteiger partial charge on any atom is -0.356 e. The highest BCUT2D eigenvalue weighted by Gasteiger charge is 1.89. The highest BCUT2D eigenvalue weighted by molar-refractivity contribution is 5.72. The molecule has 0 aromatic carbocycles. The van der Waals surface area contributed by atoms with Gasteiger partial charge in [-0.05, 0) is 31.6 Å². The number of aryl methyl sites for hydroxylation is 1. The van der Waals surface area contributed by atoms with Gasteiger partial charge in [0.1, 0.15) is 0 Å². The number of carbonyl (C=O) groups excluding carboxylic acids is 1. The van der Waals surface area contributed by atoms with E-state index in [9.17, 15) is 4.79 Å². The second-order valence-corrected chi connectivity index (χ2v) is 3.38. The highest BCUT2D eigenvalue weighted by Crippen LogP contribution is 2.00. The zero-order valence-corrected chi connectivity index (χ0v) is 9.16. The Hall–Kier alpha value is -1.64. The fourth-order valence-electron chi connectivity index (χ4n) is 1.19. The maximum absolute atomic E-state index is 10.6. The van der Waals surface area contributed by atoms with Crippen LogP contribution in [0.5, 0.6) is 0 Å². The molecule has 1 N–H and O–H groups in total. The van der Waals surface area contributed by atoms with E-state index in [-0.39, 0.29) is 5.91 Å². The molecule has 0 bridgehead atoms. The quantitative estimate of drug-likeness (QED) is 0.761. The maximum atomic E-state index is 10.6. The number of hydrogen-bond donors (Lipinski definition) is 1. The largest absolute Gasteiger partial charge is 0.356 e. The van der Waals surface area contributed by atoms with E-state index >= 15 is 0 Å². The summed E-state index contributed by atoms with van der Waals surface area (Å²) in [7, 11) is 0. The number of aromatic nitrogens is 1. The Kier molecular flexibility index (Phi) is 4.54. The van der Waals surface area contributed by atoms with Gasteiger partial charge in [-0.15, -0.1) is 0 Å². The number of hydrogen-bond acceptors (Lipinski definition) is 2. The summed E-state index contributed by atoms with van der Waals surface area (Å²) in [6.45, 7) is 4.16. The van der Waals surface area contributed by atoms with Gasteiger partial charge in [-0.1, -0.05) is 12.1 Å². The Morgan fingerprint density at radius 3 is 3.00 bits per heavy atom. The van der Waals surface area contributed by atoms with Crippen LogP contribution in [-0.2, 0) is 4.79 Å². The SMILES string of the molecule is CC(=O)NCCC=Cc1cccc(C)n1. The molecule has 3 nitrogen and oxygen atoms in total. The van der Waals surface area contributed by atoms with Gasteiger partial charge >= 0.3 is 0 Å². The molecule has 0 saturated heterocycles. The Balaban J connectivity index is 2.35. The molecule has 0 radical (unpaired) electrons. The molecule has 80 valence electrons. The van der Waals surface area contributed by atoms with Gasteiger partial charge in [0, 0.05) is 19.2 Å². The first-order valence-corrected chi connectivity index (χ1v) is 5.03. The molecule has 1 amide bonds. The van der Waals surface area contributed by atoms with Gasteiger partial charge in [0.05, 0.1) is 5.69 Å². The number of nitrogens with one attached hydrogen (secondary N) is 1. The van der Waals surface area contributed by atoms with Crippen LogP contribution in [-0.4, -0.2) is 17.4 Å². The van der Waals surface area contributed by atoms with Crippen LogP contribution in [0.25, 0.3) is 6.08 Å². The zero-order chi connectivity index (χ0) is 11.1. The van der Waals surface area contributed by atoms with E-state index in [0.29, 0.717) is 6.54 Å². The molecule has 15 heavy (non-hydrogen) atoms.